The number of nitrogens with one attached hydrogen (secondary N) is 1. The van der Waals surface area contributed by atoms with Gasteiger partial charge in [0.25, 0.3) is 0 Å². The van der Waals surface area contributed by atoms with E-state index in [0.29, 0.717) is 47.4 Å². The van der Waals surface area contributed by atoms with Gasteiger partial charge >= 0.3 is 0 Å². The molecule has 0 spiro atoms. The molecular formula is C22H27ClN2O5S. The molecule has 2 aromatic rings. The topological polar surface area (TPSA) is 84.9 Å². The van der Waals surface area contributed by atoms with E-state index in [1.165, 1.54) is 4.31 Å². The van der Waals surface area contributed by atoms with Crippen LogP contribution in [0.25, 0.3) is 0 Å². The van der Waals surface area contributed by atoms with Crippen LogP contribution in [0.1, 0.15) is 36.9 Å². The Morgan fingerprint density at radius 3 is 2.61 bits per heavy atom. The highest BCUT2D eigenvalue weighted by molar-refractivity contribution is 7.92. The Bertz CT molecular complexity index is 1060. The lowest BCUT2D eigenvalue weighted by Gasteiger charge is -2.24. The van der Waals surface area contributed by atoms with Crippen LogP contribution in [-0.2, 0) is 14.8 Å². The van der Waals surface area contributed by atoms with Crippen LogP contribution < -0.4 is 19.1 Å². The molecule has 31 heavy (non-hydrogen) atoms. The summed E-state index contributed by atoms with van der Waals surface area (Å²) in [5.41, 5.74) is 2.12. The van der Waals surface area contributed by atoms with Crippen molar-refractivity contribution in [1.82, 2.24) is 5.32 Å². The zero-order valence-corrected chi connectivity index (χ0v) is 19.4. The number of nitrogens with zero attached hydrogens (tertiary/aromatic N) is 1. The first-order valence-electron chi connectivity index (χ1n) is 10.1. The summed E-state index contributed by atoms with van der Waals surface area (Å²) in [6.07, 6.45) is 1.72. The zero-order chi connectivity index (χ0) is 22.6. The van der Waals surface area contributed by atoms with Gasteiger partial charge in [-0.3, -0.25) is 9.10 Å². The van der Waals surface area contributed by atoms with E-state index in [9.17, 15) is 13.2 Å². The highest BCUT2D eigenvalue weighted by Crippen LogP contribution is 2.32. The lowest BCUT2D eigenvalue weighted by atomic mass is 10.1. The molecule has 0 saturated heterocycles. The first kappa shape index (κ1) is 23.2. The quantitative estimate of drug-likeness (QED) is 0.638. The first-order valence-corrected chi connectivity index (χ1v) is 12.3. The molecule has 0 fully saturated rings. The molecule has 1 N–H and O–H groups in total. The predicted octanol–water partition coefficient (Wildman–Crippen LogP) is 3.84. The Labute approximate surface area is 188 Å². The number of carbonyl (C=O) groups is 1. The van der Waals surface area contributed by atoms with Crippen molar-refractivity contribution in [2.45, 2.75) is 32.7 Å². The molecule has 1 aliphatic heterocycles. The predicted molar refractivity (Wildman–Crippen MR) is 122 cm³/mol. The number of hydrogen-bond acceptors (Lipinski definition) is 5. The van der Waals surface area contributed by atoms with E-state index in [2.05, 4.69) is 5.32 Å². The minimum absolute atomic E-state index is 0.154. The Morgan fingerprint density at radius 1 is 1.19 bits per heavy atom. The number of rotatable bonds is 8. The molecule has 0 aromatic heterocycles. The maximum Gasteiger partial charge on any atom is 0.232 e. The van der Waals surface area contributed by atoms with Gasteiger partial charge < -0.3 is 14.8 Å². The fourth-order valence-electron chi connectivity index (χ4n) is 3.44. The third-order valence-corrected chi connectivity index (χ3v) is 6.71. The van der Waals surface area contributed by atoms with Crippen molar-refractivity contribution in [2.24, 2.45) is 0 Å². The highest BCUT2D eigenvalue weighted by atomic mass is 35.5. The lowest BCUT2D eigenvalue weighted by Crippen LogP contribution is -2.33. The van der Waals surface area contributed by atoms with Gasteiger partial charge in [0.1, 0.15) is 13.2 Å². The summed E-state index contributed by atoms with van der Waals surface area (Å²) in [5, 5.41) is 3.45. The summed E-state index contributed by atoms with van der Waals surface area (Å²) >= 11 is 6.15. The molecule has 2 aromatic carbocycles. The van der Waals surface area contributed by atoms with E-state index in [1.54, 1.807) is 25.1 Å². The van der Waals surface area contributed by atoms with E-state index in [1.807, 2.05) is 25.1 Å². The molecule has 9 heteroatoms. The molecular weight excluding hydrogens is 440 g/mol. The number of fused-ring (bicyclic) bond motifs is 1. The second kappa shape index (κ2) is 9.78. The standard InChI is InChI=1S/C22H27ClN2O5S/c1-15-18(23)6-4-7-19(15)25(31(3,27)28)11-5-8-22(26)24-16(2)17-9-10-20-21(14-17)30-13-12-29-20/h4,6-7,9-10,14,16H,5,8,11-13H2,1-3H3,(H,24,26)/t16-/m0/s1. The summed E-state index contributed by atoms with van der Waals surface area (Å²) in [4.78, 5) is 12.4. The number of amides is 1. The zero-order valence-electron chi connectivity index (χ0n) is 17.9. The number of sulfonamides is 1. The number of anilines is 1. The molecule has 0 unspecified atom stereocenters. The van der Waals surface area contributed by atoms with Gasteiger partial charge in [0.15, 0.2) is 11.5 Å². The second-order valence-electron chi connectivity index (χ2n) is 7.51. The van der Waals surface area contributed by atoms with Gasteiger partial charge in [0.05, 0.1) is 18.0 Å². The summed E-state index contributed by atoms with van der Waals surface area (Å²) in [7, 11) is -3.51. The summed E-state index contributed by atoms with van der Waals surface area (Å²) in [5.74, 6) is 1.22. The van der Waals surface area contributed by atoms with Crippen molar-refractivity contribution in [3.8, 4) is 11.5 Å². The minimum atomic E-state index is -3.51. The number of ether oxygens (including phenoxy) is 2. The second-order valence-corrected chi connectivity index (χ2v) is 9.83. The molecule has 7 nitrogen and oxygen atoms in total. The highest BCUT2D eigenvalue weighted by Gasteiger charge is 2.21. The van der Waals surface area contributed by atoms with Gasteiger partial charge in [-0.25, -0.2) is 8.42 Å². The van der Waals surface area contributed by atoms with Crippen molar-refractivity contribution < 1.29 is 22.7 Å². The van der Waals surface area contributed by atoms with Gasteiger partial charge in [-0.2, -0.15) is 0 Å². The Hall–Kier alpha value is -2.45. The van der Waals surface area contributed by atoms with Crippen molar-refractivity contribution in [3.63, 3.8) is 0 Å². The van der Waals surface area contributed by atoms with Gasteiger partial charge in [-0.1, -0.05) is 23.7 Å². The van der Waals surface area contributed by atoms with E-state index < -0.39 is 10.0 Å². The van der Waals surface area contributed by atoms with Crippen LogP contribution in [0.3, 0.4) is 0 Å². The van der Waals surface area contributed by atoms with Crippen molar-refractivity contribution in [1.29, 1.82) is 0 Å². The van der Waals surface area contributed by atoms with Crippen molar-refractivity contribution in [3.05, 3.63) is 52.5 Å². The molecule has 0 bridgehead atoms. The van der Waals surface area contributed by atoms with Gasteiger partial charge in [0, 0.05) is 18.0 Å². The van der Waals surface area contributed by atoms with Crippen molar-refractivity contribution >= 4 is 33.2 Å². The van der Waals surface area contributed by atoms with Crippen molar-refractivity contribution in [2.75, 3.05) is 30.3 Å². The minimum Gasteiger partial charge on any atom is -0.486 e. The first-order chi connectivity index (χ1) is 14.7. The maximum atomic E-state index is 12.4. The number of halogens is 1. The lowest BCUT2D eigenvalue weighted by molar-refractivity contribution is -0.121. The molecule has 0 saturated carbocycles. The van der Waals surface area contributed by atoms with E-state index >= 15 is 0 Å². The average Bonchev–Trinajstić information content (AvgIpc) is 2.72. The average molecular weight is 467 g/mol. The number of carbonyl (C=O) groups excluding carboxylic acids is 1. The number of hydrogen-bond donors (Lipinski definition) is 1. The smallest absolute Gasteiger partial charge is 0.232 e. The number of benzene rings is 2. The Morgan fingerprint density at radius 2 is 1.90 bits per heavy atom. The largest absolute Gasteiger partial charge is 0.486 e. The molecule has 0 radical (unpaired) electrons. The van der Waals surface area contributed by atoms with Crippen LogP contribution in [0.2, 0.25) is 5.02 Å². The summed E-state index contributed by atoms with van der Waals surface area (Å²) < 4.78 is 37.0. The van der Waals surface area contributed by atoms with Gasteiger partial charge in [-0.15, -0.1) is 0 Å². The SMILES string of the molecule is Cc1c(Cl)cccc1N(CCCC(=O)N[C@@H](C)c1ccc2c(c1)OCCO2)S(C)(=O)=O. The Kier molecular flexibility index (Phi) is 7.33. The summed E-state index contributed by atoms with van der Waals surface area (Å²) in [6, 6.07) is 10.5. The van der Waals surface area contributed by atoms with Crippen LogP contribution in [-0.4, -0.2) is 40.3 Å². The molecule has 3 rings (SSSR count). The third-order valence-electron chi connectivity index (χ3n) is 5.12. The molecule has 168 valence electrons. The molecule has 0 aliphatic carbocycles. The van der Waals surface area contributed by atoms with Gasteiger partial charge in [-0.05, 0) is 55.7 Å². The maximum absolute atomic E-state index is 12.4. The van der Waals surface area contributed by atoms with Crippen LogP contribution in [0.15, 0.2) is 36.4 Å². The molecule has 1 atom stereocenters. The molecule has 1 heterocycles. The van der Waals surface area contributed by atoms with E-state index in [0.717, 1.165) is 11.8 Å². The Balaban J connectivity index is 1.58. The van der Waals surface area contributed by atoms with E-state index in [-0.39, 0.29) is 24.9 Å². The summed E-state index contributed by atoms with van der Waals surface area (Å²) in [6.45, 7) is 4.88. The third kappa shape index (κ3) is 5.83. The van der Waals surface area contributed by atoms with E-state index in [4.69, 9.17) is 21.1 Å². The molecule has 1 aliphatic rings. The van der Waals surface area contributed by atoms with Gasteiger partial charge in [0.2, 0.25) is 15.9 Å². The van der Waals surface area contributed by atoms with Crippen LogP contribution in [0.5, 0.6) is 11.5 Å². The van der Waals surface area contributed by atoms with Crippen LogP contribution >= 0.6 is 11.6 Å². The molecule has 1 amide bonds. The fourth-order valence-corrected chi connectivity index (χ4v) is 4.63. The normalized spacial score (nSPS) is 14.1. The monoisotopic (exact) mass is 466 g/mol. The van der Waals surface area contributed by atoms with Crippen LogP contribution in [0, 0.1) is 6.92 Å². The fraction of sp³-hybridized carbons (Fsp3) is 0.409. The van der Waals surface area contributed by atoms with Crippen LogP contribution in [0.4, 0.5) is 5.69 Å².